The highest BCUT2D eigenvalue weighted by molar-refractivity contribution is 5.80. The molecule has 1 heterocycles. The van der Waals surface area contributed by atoms with Crippen LogP contribution >= 0.6 is 0 Å². The van der Waals surface area contributed by atoms with Crippen LogP contribution in [0, 0.1) is 0 Å². The molecule has 1 saturated carbocycles. The second-order valence-corrected chi connectivity index (χ2v) is 5.26. The summed E-state index contributed by atoms with van der Waals surface area (Å²) < 4.78 is 5.30. The van der Waals surface area contributed by atoms with Crippen molar-refractivity contribution >= 4 is 11.8 Å². The van der Waals surface area contributed by atoms with Gasteiger partial charge in [-0.3, -0.25) is 9.59 Å². The first-order chi connectivity index (χ1) is 8.60. The zero-order chi connectivity index (χ0) is 13.0. The summed E-state index contributed by atoms with van der Waals surface area (Å²) in [5, 5.41) is 6.21. The number of primary amides is 1. The monoisotopic (exact) mass is 255 g/mol. The van der Waals surface area contributed by atoms with Crippen molar-refractivity contribution in [2.24, 2.45) is 5.73 Å². The second-order valence-electron chi connectivity index (χ2n) is 5.26. The third-order valence-electron chi connectivity index (χ3n) is 3.66. The number of amides is 2. The van der Waals surface area contributed by atoms with Crippen molar-refractivity contribution in [2.45, 2.75) is 43.7 Å². The van der Waals surface area contributed by atoms with Gasteiger partial charge in [-0.2, -0.15) is 0 Å². The Morgan fingerprint density at radius 1 is 1.44 bits per heavy atom. The Labute approximate surface area is 107 Å². The van der Waals surface area contributed by atoms with Crippen LogP contribution in [0.15, 0.2) is 0 Å². The first-order valence-corrected chi connectivity index (χ1v) is 6.50. The number of nitrogens with one attached hydrogen (secondary N) is 2. The van der Waals surface area contributed by atoms with Crippen LogP contribution in [-0.2, 0) is 14.3 Å². The van der Waals surface area contributed by atoms with E-state index in [2.05, 4.69) is 10.6 Å². The van der Waals surface area contributed by atoms with E-state index in [1.54, 1.807) is 0 Å². The fourth-order valence-corrected chi connectivity index (χ4v) is 2.60. The Balaban J connectivity index is 1.80. The van der Waals surface area contributed by atoms with E-state index in [1.807, 2.05) is 0 Å². The molecule has 0 aromatic heterocycles. The van der Waals surface area contributed by atoms with Crippen LogP contribution in [0.5, 0.6) is 0 Å². The molecule has 6 heteroatoms. The minimum absolute atomic E-state index is 0.0287. The summed E-state index contributed by atoms with van der Waals surface area (Å²) in [6, 6.07) is 0.0736. The van der Waals surface area contributed by atoms with Crippen LogP contribution in [0.2, 0.25) is 0 Å². The summed E-state index contributed by atoms with van der Waals surface area (Å²) in [5.74, 6) is -0.381. The van der Waals surface area contributed by atoms with Gasteiger partial charge in [0, 0.05) is 31.0 Å². The summed E-state index contributed by atoms with van der Waals surface area (Å²) in [4.78, 5) is 23.0. The predicted molar refractivity (Wildman–Crippen MR) is 65.8 cm³/mol. The van der Waals surface area contributed by atoms with Gasteiger partial charge in [0.2, 0.25) is 11.8 Å². The van der Waals surface area contributed by atoms with E-state index in [1.165, 1.54) is 0 Å². The average Bonchev–Trinajstić information content (AvgIpc) is 2.26. The Morgan fingerprint density at radius 3 is 2.72 bits per heavy atom. The zero-order valence-corrected chi connectivity index (χ0v) is 10.5. The smallest absolute Gasteiger partial charge is 0.222 e. The van der Waals surface area contributed by atoms with Crippen molar-refractivity contribution in [1.82, 2.24) is 10.6 Å². The Hall–Kier alpha value is -1.14. The molecule has 1 aliphatic heterocycles. The minimum Gasteiger partial charge on any atom is -0.378 e. The van der Waals surface area contributed by atoms with Crippen molar-refractivity contribution in [3.63, 3.8) is 0 Å². The van der Waals surface area contributed by atoms with Crippen molar-refractivity contribution in [3.8, 4) is 0 Å². The first-order valence-electron chi connectivity index (χ1n) is 6.50. The number of carbonyl (C=O) groups excluding carboxylic acids is 2. The van der Waals surface area contributed by atoms with Crippen molar-refractivity contribution < 1.29 is 14.3 Å². The minimum atomic E-state index is -0.377. The van der Waals surface area contributed by atoms with Gasteiger partial charge in [-0.15, -0.1) is 0 Å². The molecular weight excluding hydrogens is 234 g/mol. The van der Waals surface area contributed by atoms with Gasteiger partial charge in [0.25, 0.3) is 0 Å². The van der Waals surface area contributed by atoms with E-state index < -0.39 is 0 Å². The molecule has 0 aromatic rings. The first kappa shape index (κ1) is 13.3. The van der Waals surface area contributed by atoms with Gasteiger partial charge in [0.05, 0.1) is 13.2 Å². The lowest BCUT2D eigenvalue weighted by atomic mass is 9.74. The lowest BCUT2D eigenvalue weighted by Gasteiger charge is -2.42. The van der Waals surface area contributed by atoms with E-state index in [0.717, 1.165) is 25.8 Å². The largest absolute Gasteiger partial charge is 0.378 e. The molecule has 1 unspecified atom stereocenters. The van der Waals surface area contributed by atoms with E-state index in [9.17, 15) is 9.59 Å². The van der Waals surface area contributed by atoms with Crippen LogP contribution < -0.4 is 16.4 Å². The maximum atomic E-state index is 11.9. The number of hydrogen-bond acceptors (Lipinski definition) is 4. The molecule has 2 rings (SSSR count). The normalized spacial score (nSPS) is 26.1. The number of morpholine rings is 1. The molecule has 102 valence electrons. The fourth-order valence-electron chi connectivity index (χ4n) is 2.60. The molecular formula is C12H21N3O3. The summed E-state index contributed by atoms with van der Waals surface area (Å²) >= 11 is 0. The third kappa shape index (κ3) is 3.43. The molecule has 2 amide bonds. The van der Waals surface area contributed by atoms with Gasteiger partial charge in [-0.25, -0.2) is 0 Å². The molecule has 18 heavy (non-hydrogen) atoms. The number of rotatable bonds is 5. The van der Waals surface area contributed by atoms with Crippen molar-refractivity contribution in [1.29, 1.82) is 0 Å². The van der Waals surface area contributed by atoms with Gasteiger partial charge in [0.1, 0.15) is 0 Å². The van der Waals surface area contributed by atoms with Gasteiger partial charge >= 0.3 is 0 Å². The van der Waals surface area contributed by atoms with E-state index >= 15 is 0 Å². The van der Waals surface area contributed by atoms with Crippen LogP contribution in [0.3, 0.4) is 0 Å². The van der Waals surface area contributed by atoms with Crippen molar-refractivity contribution in [3.05, 3.63) is 0 Å². The molecule has 2 fully saturated rings. The van der Waals surface area contributed by atoms with Gasteiger partial charge in [-0.1, -0.05) is 0 Å². The number of hydrogen-bond donors (Lipinski definition) is 3. The molecule has 0 spiro atoms. The summed E-state index contributed by atoms with van der Waals surface area (Å²) in [6.45, 7) is 2.05. The standard InChI is InChI=1S/C12H21N3O3/c13-10(16)7-12(2-1-3-12)15-11(17)6-9-8-18-5-4-14-9/h9,14H,1-8H2,(H2,13,16)(H,15,17). The zero-order valence-electron chi connectivity index (χ0n) is 10.5. The molecule has 2 aliphatic rings. The van der Waals surface area contributed by atoms with E-state index in [-0.39, 0.29) is 29.8 Å². The molecule has 0 radical (unpaired) electrons. The summed E-state index contributed by atoms with van der Waals surface area (Å²) in [5.41, 5.74) is 4.85. The fraction of sp³-hybridized carbons (Fsp3) is 0.833. The third-order valence-corrected chi connectivity index (χ3v) is 3.66. The quantitative estimate of drug-likeness (QED) is 0.604. The lowest BCUT2D eigenvalue weighted by Crippen LogP contribution is -2.56. The topological polar surface area (TPSA) is 93.5 Å². The molecule has 0 bridgehead atoms. The van der Waals surface area contributed by atoms with E-state index in [4.69, 9.17) is 10.5 Å². The summed E-state index contributed by atoms with van der Waals surface area (Å²) in [6.07, 6.45) is 3.36. The Bertz CT molecular complexity index is 323. The predicted octanol–water partition coefficient (Wildman–Crippen LogP) is -0.721. The molecule has 0 aromatic carbocycles. The number of nitrogens with two attached hydrogens (primary N) is 1. The number of carbonyl (C=O) groups is 2. The molecule has 4 N–H and O–H groups in total. The lowest BCUT2D eigenvalue weighted by molar-refractivity contribution is -0.127. The van der Waals surface area contributed by atoms with Crippen molar-refractivity contribution in [2.75, 3.05) is 19.8 Å². The molecule has 1 aliphatic carbocycles. The van der Waals surface area contributed by atoms with Crippen LogP contribution in [0.1, 0.15) is 32.1 Å². The maximum Gasteiger partial charge on any atom is 0.222 e. The highest BCUT2D eigenvalue weighted by Crippen LogP contribution is 2.34. The van der Waals surface area contributed by atoms with Gasteiger partial charge < -0.3 is 21.1 Å². The second kappa shape index (κ2) is 5.67. The highest BCUT2D eigenvalue weighted by atomic mass is 16.5. The molecule has 1 saturated heterocycles. The maximum absolute atomic E-state index is 11.9. The average molecular weight is 255 g/mol. The number of ether oxygens (including phenoxy) is 1. The van der Waals surface area contributed by atoms with Crippen LogP contribution in [0.25, 0.3) is 0 Å². The molecule has 6 nitrogen and oxygen atoms in total. The Morgan fingerprint density at radius 2 is 2.22 bits per heavy atom. The SMILES string of the molecule is NC(=O)CC1(NC(=O)CC2COCCN2)CCC1. The highest BCUT2D eigenvalue weighted by Gasteiger charge is 2.39. The van der Waals surface area contributed by atoms with Crippen LogP contribution in [0.4, 0.5) is 0 Å². The van der Waals surface area contributed by atoms with Gasteiger partial charge in [0.15, 0.2) is 0 Å². The Kier molecular flexibility index (Phi) is 4.19. The van der Waals surface area contributed by atoms with Gasteiger partial charge in [-0.05, 0) is 19.3 Å². The van der Waals surface area contributed by atoms with E-state index in [0.29, 0.717) is 19.6 Å². The summed E-state index contributed by atoms with van der Waals surface area (Å²) in [7, 11) is 0. The van der Waals surface area contributed by atoms with Crippen LogP contribution in [-0.4, -0.2) is 43.2 Å². The molecule has 1 atom stereocenters.